The van der Waals surface area contributed by atoms with Crippen LogP contribution in [-0.4, -0.2) is 15.0 Å². The first-order chi connectivity index (χ1) is 11.1. The van der Waals surface area contributed by atoms with Crippen LogP contribution < -0.4 is 9.46 Å². The topological polar surface area (TPSA) is 55.4 Å². The summed E-state index contributed by atoms with van der Waals surface area (Å²) in [6.45, 7) is 2.27. The van der Waals surface area contributed by atoms with Crippen LogP contribution in [0.1, 0.15) is 12.5 Å². The van der Waals surface area contributed by atoms with Crippen molar-refractivity contribution in [3.63, 3.8) is 0 Å². The molecule has 0 amide bonds. The molecule has 0 saturated heterocycles. The quantitative estimate of drug-likeness (QED) is 0.760. The van der Waals surface area contributed by atoms with Gasteiger partial charge in [0.15, 0.2) is 0 Å². The van der Waals surface area contributed by atoms with Crippen molar-refractivity contribution < 1.29 is 26.3 Å². The van der Waals surface area contributed by atoms with Gasteiger partial charge in [0, 0.05) is 10.2 Å². The lowest BCUT2D eigenvalue weighted by Gasteiger charge is -2.13. The van der Waals surface area contributed by atoms with Gasteiger partial charge in [-0.25, -0.2) is 8.42 Å². The zero-order valence-electron chi connectivity index (χ0n) is 12.4. The van der Waals surface area contributed by atoms with E-state index in [1.165, 1.54) is 12.1 Å². The second kappa shape index (κ2) is 7.02. The van der Waals surface area contributed by atoms with Gasteiger partial charge in [-0.3, -0.25) is 4.72 Å². The average molecular weight is 424 g/mol. The van der Waals surface area contributed by atoms with Crippen molar-refractivity contribution in [3.8, 4) is 5.75 Å². The Morgan fingerprint density at radius 3 is 2.29 bits per heavy atom. The predicted octanol–water partition coefficient (Wildman–Crippen LogP) is 4.67. The number of hydrogen-bond donors (Lipinski definition) is 1. The number of hydrogen-bond acceptors (Lipinski definition) is 3. The van der Waals surface area contributed by atoms with E-state index in [2.05, 4.69) is 20.7 Å². The Morgan fingerprint density at radius 2 is 1.75 bits per heavy atom. The third-order valence-corrected chi connectivity index (χ3v) is 5.04. The van der Waals surface area contributed by atoms with Crippen LogP contribution in [0.5, 0.6) is 5.75 Å². The van der Waals surface area contributed by atoms with Gasteiger partial charge in [-0.05, 0) is 49.4 Å². The van der Waals surface area contributed by atoms with E-state index >= 15 is 0 Å². The van der Waals surface area contributed by atoms with E-state index in [4.69, 9.17) is 4.74 Å². The minimum absolute atomic E-state index is 0.218. The van der Waals surface area contributed by atoms with Gasteiger partial charge in [0.25, 0.3) is 10.0 Å². The van der Waals surface area contributed by atoms with Gasteiger partial charge in [0.2, 0.25) is 0 Å². The minimum atomic E-state index is -4.66. The molecule has 0 aliphatic carbocycles. The largest absolute Gasteiger partial charge is 0.494 e. The van der Waals surface area contributed by atoms with Gasteiger partial charge >= 0.3 is 6.18 Å². The van der Waals surface area contributed by atoms with Crippen LogP contribution in [0.2, 0.25) is 0 Å². The number of anilines is 1. The maximum atomic E-state index is 12.9. The molecule has 9 heteroatoms. The molecule has 0 bridgehead atoms. The summed E-state index contributed by atoms with van der Waals surface area (Å²) in [7, 11) is -4.15. The lowest BCUT2D eigenvalue weighted by atomic mass is 10.2. The van der Waals surface area contributed by atoms with Crippen molar-refractivity contribution >= 4 is 31.6 Å². The fraction of sp³-hybridized carbons (Fsp3) is 0.200. The van der Waals surface area contributed by atoms with Crippen LogP contribution in [-0.2, 0) is 16.2 Å². The molecule has 0 unspecified atom stereocenters. The van der Waals surface area contributed by atoms with Crippen molar-refractivity contribution in [1.29, 1.82) is 0 Å². The summed E-state index contributed by atoms with van der Waals surface area (Å²) in [6, 6.07) is 8.78. The number of benzene rings is 2. The molecule has 0 atom stereocenters. The highest BCUT2D eigenvalue weighted by molar-refractivity contribution is 9.10. The molecule has 0 aliphatic heterocycles. The summed E-state index contributed by atoms with van der Waals surface area (Å²) in [5, 5.41) is 0. The molecule has 24 heavy (non-hydrogen) atoms. The number of nitrogens with one attached hydrogen (secondary N) is 1. The molecule has 0 aliphatic rings. The molecule has 4 nitrogen and oxygen atoms in total. The standard InChI is InChI=1S/C15H13BrF3NO3S/c1-2-23-11-5-3-10(4-6-11)20-24(21,22)12-7-8-14(16)13(9-12)15(17,18)19/h3-9,20H,2H2,1H3. The zero-order valence-corrected chi connectivity index (χ0v) is 14.8. The Hall–Kier alpha value is -1.74. The van der Waals surface area contributed by atoms with Crippen molar-refractivity contribution in [2.45, 2.75) is 18.0 Å². The highest BCUT2D eigenvalue weighted by atomic mass is 79.9. The fourth-order valence-electron chi connectivity index (χ4n) is 1.89. The summed E-state index contributed by atoms with van der Waals surface area (Å²) in [6.07, 6.45) is -4.66. The lowest BCUT2D eigenvalue weighted by Crippen LogP contribution is -2.15. The third-order valence-electron chi connectivity index (χ3n) is 2.97. The van der Waals surface area contributed by atoms with Gasteiger partial charge in [0.05, 0.1) is 17.1 Å². The van der Waals surface area contributed by atoms with Crippen LogP contribution in [0.4, 0.5) is 18.9 Å². The first-order valence-corrected chi connectivity index (χ1v) is 9.03. The maximum Gasteiger partial charge on any atom is 0.417 e. The lowest BCUT2D eigenvalue weighted by molar-refractivity contribution is -0.138. The zero-order chi connectivity index (χ0) is 18.0. The highest BCUT2D eigenvalue weighted by Crippen LogP contribution is 2.36. The van der Waals surface area contributed by atoms with Crippen molar-refractivity contribution in [2.75, 3.05) is 11.3 Å². The minimum Gasteiger partial charge on any atom is -0.494 e. The molecule has 0 fully saturated rings. The maximum absolute atomic E-state index is 12.9. The highest BCUT2D eigenvalue weighted by Gasteiger charge is 2.34. The molecular weight excluding hydrogens is 411 g/mol. The second-order valence-corrected chi connectivity index (χ2v) is 7.24. The predicted molar refractivity (Wildman–Crippen MR) is 87.6 cm³/mol. The molecule has 2 aromatic rings. The SMILES string of the molecule is CCOc1ccc(NS(=O)(=O)c2ccc(Br)c(C(F)(F)F)c2)cc1. The van der Waals surface area contributed by atoms with Crippen molar-refractivity contribution in [2.24, 2.45) is 0 Å². The van der Waals surface area contributed by atoms with Crippen molar-refractivity contribution in [1.82, 2.24) is 0 Å². The van der Waals surface area contributed by atoms with E-state index in [-0.39, 0.29) is 10.2 Å². The van der Waals surface area contributed by atoms with Crippen LogP contribution in [0.25, 0.3) is 0 Å². The second-order valence-electron chi connectivity index (χ2n) is 4.70. The monoisotopic (exact) mass is 423 g/mol. The summed E-state index contributed by atoms with van der Waals surface area (Å²) in [5.41, 5.74) is -0.841. The van der Waals surface area contributed by atoms with Crippen LogP contribution in [0.3, 0.4) is 0 Å². The smallest absolute Gasteiger partial charge is 0.417 e. The normalized spacial score (nSPS) is 12.0. The Bertz CT molecular complexity index is 821. The Balaban J connectivity index is 2.30. The summed E-state index contributed by atoms with van der Waals surface area (Å²) in [4.78, 5) is -0.480. The summed E-state index contributed by atoms with van der Waals surface area (Å²) >= 11 is 2.77. The van der Waals surface area contributed by atoms with E-state index in [0.717, 1.165) is 12.1 Å². The molecule has 0 spiro atoms. The molecule has 0 saturated carbocycles. The van der Waals surface area contributed by atoms with Crippen molar-refractivity contribution in [3.05, 3.63) is 52.5 Å². The van der Waals surface area contributed by atoms with E-state index in [1.807, 2.05) is 6.92 Å². The summed E-state index contributed by atoms with van der Waals surface area (Å²) in [5.74, 6) is 0.559. The van der Waals surface area contributed by atoms with E-state index in [9.17, 15) is 21.6 Å². The van der Waals surface area contributed by atoms with Crippen LogP contribution in [0, 0.1) is 0 Å². The molecule has 130 valence electrons. The van der Waals surface area contributed by atoms with Gasteiger partial charge in [0.1, 0.15) is 5.75 Å². The van der Waals surface area contributed by atoms with Gasteiger partial charge < -0.3 is 4.74 Å². The molecule has 0 radical (unpaired) electrons. The molecule has 0 aromatic heterocycles. The first kappa shape index (κ1) is 18.6. The molecule has 1 N–H and O–H groups in total. The van der Waals surface area contributed by atoms with E-state index in [1.54, 1.807) is 12.1 Å². The number of halogens is 4. The van der Waals surface area contributed by atoms with Crippen LogP contribution in [0.15, 0.2) is 51.8 Å². The number of rotatable bonds is 5. The fourth-order valence-corrected chi connectivity index (χ4v) is 3.44. The molecule has 2 aromatic carbocycles. The Kier molecular flexibility index (Phi) is 5.44. The number of alkyl halides is 3. The molecule has 2 rings (SSSR count). The third kappa shape index (κ3) is 4.41. The van der Waals surface area contributed by atoms with E-state index in [0.29, 0.717) is 18.4 Å². The molecular formula is C15H13BrF3NO3S. The van der Waals surface area contributed by atoms with Gasteiger partial charge in [-0.2, -0.15) is 13.2 Å². The first-order valence-electron chi connectivity index (χ1n) is 6.76. The van der Waals surface area contributed by atoms with Crippen LogP contribution >= 0.6 is 15.9 Å². The van der Waals surface area contributed by atoms with Gasteiger partial charge in [-0.15, -0.1) is 0 Å². The molecule has 0 heterocycles. The number of sulfonamides is 1. The Labute approximate surface area is 145 Å². The summed E-state index contributed by atoms with van der Waals surface area (Å²) < 4.78 is 70.5. The average Bonchev–Trinajstić information content (AvgIpc) is 2.48. The van der Waals surface area contributed by atoms with Gasteiger partial charge in [-0.1, -0.05) is 15.9 Å². The number of ether oxygens (including phenoxy) is 1. The Morgan fingerprint density at radius 1 is 1.12 bits per heavy atom. The van der Waals surface area contributed by atoms with E-state index < -0.39 is 26.7 Å².